The van der Waals surface area contributed by atoms with E-state index in [0.29, 0.717) is 13.2 Å². The number of carbonyl (C=O) groups is 1. The van der Waals surface area contributed by atoms with Crippen molar-refractivity contribution in [2.45, 2.75) is 6.42 Å². The molecule has 1 aromatic rings. The summed E-state index contributed by atoms with van der Waals surface area (Å²) in [6.45, 7) is 1.40. The third-order valence-corrected chi connectivity index (χ3v) is 3.17. The first-order chi connectivity index (χ1) is 9.09. The fraction of sp³-hybridized carbons (Fsp3) is 0.417. The predicted molar refractivity (Wildman–Crippen MR) is 67.3 cm³/mol. The molecule has 19 heavy (non-hydrogen) atoms. The van der Waals surface area contributed by atoms with Gasteiger partial charge in [0.05, 0.1) is 18.1 Å². The van der Waals surface area contributed by atoms with Crippen LogP contribution in [0, 0.1) is 16.0 Å². The molecule has 0 aliphatic carbocycles. The van der Waals surface area contributed by atoms with Crippen LogP contribution in [0.25, 0.3) is 0 Å². The second-order valence-corrected chi connectivity index (χ2v) is 4.63. The molecule has 1 fully saturated rings. The summed E-state index contributed by atoms with van der Waals surface area (Å²) in [5, 5.41) is 10.8. The van der Waals surface area contributed by atoms with E-state index in [0.717, 1.165) is 6.42 Å². The second kappa shape index (κ2) is 5.99. The van der Waals surface area contributed by atoms with Crippen LogP contribution in [0.3, 0.4) is 0 Å². The molecule has 7 heteroatoms. The zero-order chi connectivity index (χ0) is 13.8. The number of hydrogen-bond donors (Lipinski definition) is 0. The maximum Gasteiger partial charge on any atom is 0.345 e. The van der Waals surface area contributed by atoms with E-state index in [1.54, 1.807) is 0 Å². The van der Waals surface area contributed by atoms with Gasteiger partial charge in [0, 0.05) is 12.5 Å². The van der Waals surface area contributed by atoms with Gasteiger partial charge in [-0.05, 0) is 18.6 Å². The Kier molecular flexibility index (Phi) is 4.34. The molecule has 1 atom stereocenters. The summed E-state index contributed by atoms with van der Waals surface area (Å²) in [7, 11) is 0. The minimum Gasteiger partial charge on any atom is -0.462 e. The summed E-state index contributed by atoms with van der Waals surface area (Å²) >= 11 is 5.73. The van der Waals surface area contributed by atoms with Crippen molar-refractivity contribution < 1.29 is 19.2 Å². The highest BCUT2D eigenvalue weighted by Gasteiger charge is 2.26. The number of benzene rings is 1. The van der Waals surface area contributed by atoms with E-state index in [2.05, 4.69) is 0 Å². The smallest absolute Gasteiger partial charge is 0.345 e. The highest BCUT2D eigenvalue weighted by Crippen LogP contribution is 2.28. The van der Waals surface area contributed by atoms with Crippen LogP contribution < -0.4 is 0 Å². The SMILES string of the molecule is O=C(OCC1CCOC1)c1cccc(Cl)c1[N+](=O)[O-]. The van der Waals surface area contributed by atoms with Gasteiger partial charge in [-0.25, -0.2) is 4.79 Å². The Hall–Kier alpha value is -1.66. The number of halogens is 1. The molecule has 1 unspecified atom stereocenters. The van der Waals surface area contributed by atoms with Crippen LogP contribution in [0.4, 0.5) is 5.69 Å². The number of nitro groups is 1. The molecule has 0 saturated carbocycles. The molecule has 0 aromatic heterocycles. The highest BCUT2D eigenvalue weighted by atomic mass is 35.5. The quantitative estimate of drug-likeness (QED) is 0.482. The zero-order valence-corrected chi connectivity index (χ0v) is 10.8. The Morgan fingerprint density at radius 2 is 2.37 bits per heavy atom. The standard InChI is InChI=1S/C12H12ClNO5/c13-10-3-1-2-9(11(10)14(16)17)12(15)19-7-8-4-5-18-6-8/h1-3,8H,4-7H2. The molecule has 0 spiro atoms. The van der Waals surface area contributed by atoms with Gasteiger partial charge in [0.1, 0.15) is 10.6 Å². The van der Waals surface area contributed by atoms with Gasteiger partial charge in [0.25, 0.3) is 0 Å². The maximum absolute atomic E-state index is 11.9. The number of rotatable bonds is 4. The lowest BCUT2D eigenvalue weighted by molar-refractivity contribution is -0.385. The molecule has 1 aliphatic rings. The summed E-state index contributed by atoms with van der Waals surface area (Å²) in [5.41, 5.74) is -0.548. The average molecular weight is 286 g/mol. The Morgan fingerprint density at radius 3 is 3.00 bits per heavy atom. The largest absolute Gasteiger partial charge is 0.462 e. The first kappa shape index (κ1) is 13.8. The predicted octanol–water partition coefficient (Wildman–Crippen LogP) is 2.44. The van der Waals surface area contributed by atoms with E-state index < -0.39 is 16.6 Å². The van der Waals surface area contributed by atoms with Crippen LogP contribution >= 0.6 is 11.6 Å². The van der Waals surface area contributed by atoms with Gasteiger partial charge in [0.15, 0.2) is 0 Å². The topological polar surface area (TPSA) is 78.7 Å². The Balaban J connectivity index is 2.10. The molecule has 6 nitrogen and oxygen atoms in total. The molecule has 2 rings (SSSR count). The molecule has 0 N–H and O–H groups in total. The van der Waals surface area contributed by atoms with E-state index >= 15 is 0 Å². The van der Waals surface area contributed by atoms with Crippen molar-refractivity contribution in [1.82, 2.24) is 0 Å². The van der Waals surface area contributed by atoms with Crippen molar-refractivity contribution in [3.05, 3.63) is 38.9 Å². The van der Waals surface area contributed by atoms with Crippen molar-refractivity contribution >= 4 is 23.3 Å². The molecule has 1 aliphatic heterocycles. The summed E-state index contributed by atoms with van der Waals surface area (Å²) in [4.78, 5) is 22.1. The summed E-state index contributed by atoms with van der Waals surface area (Å²) in [6.07, 6.45) is 0.824. The third kappa shape index (κ3) is 3.21. The fourth-order valence-corrected chi connectivity index (χ4v) is 2.10. The summed E-state index contributed by atoms with van der Waals surface area (Å²) in [5.74, 6) is -0.580. The number of ether oxygens (including phenoxy) is 2. The minimum absolute atomic E-state index is 0.0800. The lowest BCUT2D eigenvalue weighted by Gasteiger charge is -2.09. The maximum atomic E-state index is 11.9. The van der Waals surface area contributed by atoms with Crippen LogP contribution in [0.15, 0.2) is 18.2 Å². The van der Waals surface area contributed by atoms with Crippen molar-refractivity contribution in [1.29, 1.82) is 0 Å². The summed E-state index contributed by atoms with van der Waals surface area (Å²) < 4.78 is 10.2. The van der Waals surface area contributed by atoms with Crippen LogP contribution in [0.5, 0.6) is 0 Å². The number of para-hydroxylation sites is 1. The van der Waals surface area contributed by atoms with E-state index in [4.69, 9.17) is 21.1 Å². The molecule has 0 amide bonds. The van der Waals surface area contributed by atoms with Gasteiger partial charge < -0.3 is 9.47 Å². The normalized spacial score (nSPS) is 18.3. The van der Waals surface area contributed by atoms with Gasteiger partial charge >= 0.3 is 11.7 Å². The number of carbonyl (C=O) groups excluding carboxylic acids is 1. The van der Waals surface area contributed by atoms with Gasteiger partial charge in [0.2, 0.25) is 0 Å². The zero-order valence-electron chi connectivity index (χ0n) is 10.0. The van der Waals surface area contributed by atoms with Gasteiger partial charge in [-0.3, -0.25) is 10.1 Å². The second-order valence-electron chi connectivity index (χ2n) is 4.22. The van der Waals surface area contributed by atoms with Crippen molar-refractivity contribution in [2.24, 2.45) is 5.92 Å². The fourth-order valence-electron chi connectivity index (χ4n) is 1.85. The van der Waals surface area contributed by atoms with Gasteiger partial charge in [-0.2, -0.15) is 0 Å². The minimum atomic E-state index is -0.735. The lowest BCUT2D eigenvalue weighted by Crippen LogP contribution is -2.15. The van der Waals surface area contributed by atoms with E-state index in [1.165, 1.54) is 18.2 Å². The first-order valence-corrected chi connectivity index (χ1v) is 6.15. The molecule has 1 heterocycles. The number of esters is 1. The van der Waals surface area contributed by atoms with Gasteiger partial charge in [-0.1, -0.05) is 17.7 Å². The third-order valence-electron chi connectivity index (χ3n) is 2.86. The van der Waals surface area contributed by atoms with Gasteiger partial charge in [-0.15, -0.1) is 0 Å². The van der Waals surface area contributed by atoms with Crippen LogP contribution in [-0.2, 0) is 9.47 Å². The number of hydrogen-bond acceptors (Lipinski definition) is 5. The van der Waals surface area contributed by atoms with E-state index in [9.17, 15) is 14.9 Å². The van der Waals surface area contributed by atoms with E-state index in [-0.39, 0.29) is 23.1 Å². The Labute approximate surface area is 114 Å². The lowest BCUT2D eigenvalue weighted by atomic mass is 10.1. The van der Waals surface area contributed by atoms with Crippen LogP contribution in [0.2, 0.25) is 5.02 Å². The molecular formula is C12H12ClNO5. The molecular weight excluding hydrogens is 274 g/mol. The average Bonchev–Trinajstić information content (AvgIpc) is 2.88. The van der Waals surface area contributed by atoms with Crippen molar-refractivity contribution in [3.8, 4) is 0 Å². The monoisotopic (exact) mass is 285 g/mol. The van der Waals surface area contributed by atoms with E-state index in [1.807, 2.05) is 0 Å². The van der Waals surface area contributed by atoms with Crippen molar-refractivity contribution in [3.63, 3.8) is 0 Å². The molecule has 1 saturated heterocycles. The highest BCUT2D eigenvalue weighted by molar-refractivity contribution is 6.33. The number of nitro benzene ring substituents is 1. The number of nitrogens with zero attached hydrogens (tertiary/aromatic N) is 1. The molecule has 1 aromatic carbocycles. The molecule has 102 valence electrons. The summed E-state index contributed by atoms with van der Waals surface area (Å²) in [6, 6.07) is 4.17. The van der Waals surface area contributed by atoms with Crippen LogP contribution in [0.1, 0.15) is 16.8 Å². The van der Waals surface area contributed by atoms with Crippen molar-refractivity contribution in [2.75, 3.05) is 19.8 Å². The first-order valence-electron chi connectivity index (χ1n) is 5.77. The Morgan fingerprint density at radius 1 is 1.58 bits per heavy atom. The molecule has 0 radical (unpaired) electrons. The Bertz CT molecular complexity index is 499. The van der Waals surface area contributed by atoms with Crippen LogP contribution in [-0.4, -0.2) is 30.7 Å². The molecule has 0 bridgehead atoms.